The van der Waals surface area contributed by atoms with Crippen molar-refractivity contribution >= 4 is 6.08 Å². The van der Waals surface area contributed by atoms with Gasteiger partial charge in [-0.3, -0.25) is 0 Å². The molecule has 0 N–H and O–H groups in total. The van der Waals surface area contributed by atoms with Crippen molar-refractivity contribution in [2.75, 3.05) is 13.2 Å². The molecule has 0 aromatic heterocycles. The molecule has 156 valence electrons. The monoisotopic (exact) mass is 402 g/mol. The summed E-state index contributed by atoms with van der Waals surface area (Å²) in [5, 5.41) is 0. The first-order valence-electron chi connectivity index (χ1n) is 10.4. The largest absolute Gasteiger partial charge is 0.494 e. The van der Waals surface area contributed by atoms with E-state index in [0.29, 0.717) is 19.8 Å². The molecule has 3 aromatic rings. The van der Waals surface area contributed by atoms with Gasteiger partial charge in [0.1, 0.15) is 17.2 Å². The summed E-state index contributed by atoms with van der Waals surface area (Å²) >= 11 is 0. The Hall–Kier alpha value is -3.04. The quantitative estimate of drug-likeness (QED) is 0.361. The van der Waals surface area contributed by atoms with E-state index in [1.54, 1.807) is 0 Å². The summed E-state index contributed by atoms with van der Waals surface area (Å²) in [6.07, 6.45) is 4.32. The van der Waals surface area contributed by atoms with Crippen molar-refractivity contribution in [1.29, 1.82) is 0 Å². The first-order chi connectivity index (χ1) is 14.5. The lowest BCUT2D eigenvalue weighted by atomic mass is 9.93. The SMILES string of the molecule is CCOc1ccc(C=CC(C)(C)COCc2cccc(Oc3ccccc3)c2)cc1. The first kappa shape index (κ1) is 21.7. The first-order valence-corrected chi connectivity index (χ1v) is 10.4. The van der Waals surface area contributed by atoms with Gasteiger partial charge in [-0.2, -0.15) is 0 Å². The van der Waals surface area contributed by atoms with Crippen molar-refractivity contribution < 1.29 is 14.2 Å². The molecule has 0 aliphatic carbocycles. The lowest BCUT2D eigenvalue weighted by molar-refractivity contribution is 0.0719. The van der Waals surface area contributed by atoms with E-state index in [0.717, 1.165) is 28.4 Å². The second-order valence-corrected chi connectivity index (χ2v) is 7.88. The number of rotatable bonds is 10. The fraction of sp³-hybridized carbons (Fsp3) is 0.259. The molecule has 0 saturated heterocycles. The lowest BCUT2D eigenvalue weighted by Gasteiger charge is -2.20. The van der Waals surface area contributed by atoms with Gasteiger partial charge in [-0.15, -0.1) is 0 Å². The molecule has 30 heavy (non-hydrogen) atoms. The van der Waals surface area contributed by atoms with Crippen LogP contribution in [0.4, 0.5) is 0 Å². The van der Waals surface area contributed by atoms with Gasteiger partial charge >= 0.3 is 0 Å². The van der Waals surface area contributed by atoms with Crippen LogP contribution in [-0.2, 0) is 11.3 Å². The van der Waals surface area contributed by atoms with Crippen LogP contribution in [0.2, 0.25) is 0 Å². The molecule has 3 rings (SSSR count). The summed E-state index contributed by atoms with van der Waals surface area (Å²) < 4.78 is 17.4. The van der Waals surface area contributed by atoms with Gasteiger partial charge in [-0.25, -0.2) is 0 Å². The molecule has 0 atom stereocenters. The van der Waals surface area contributed by atoms with Crippen LogP contribution < -0.4 is 9.47 Å². The van der Waals surface area contributed by atoms with Gasteiger partial charge in [-0.1, -0.05) is 68.5 Å². The Labute approximate surface area is 179 Å². The van der Waals surface area contributed by atoms with Crippen molar-refractivity contribution in [2.45, 2.75) is 27.4 Å². The van der Waals surface area contributed by atoms with Crippen molar-refractivity contribution in [3.8, 4) is 17.2 Å². The average Bonchev–Trinajstić information content (AvgIpc) is 2.74. The van der Waals surface area contributed by atoms with Crippen LogP contribution in [0.3, 0.4) is 0 Å². The van der Waals surface area contributed by atoms with E-state index in [2.05, 4.69) is 44.2 Å². The van der Waals surface area contributed by atoms with Crippen molar-refractivity contribution in [2.24, 2.45) is 5.41 Å². The molecule has 0 unspecified atom stereocenters. The zero-order valence-electron chi connectivity index (χ0n) is 18.0. The van der Waals surface area contributed by atoms with Crippen LogP contribution in [0.1, 0.15) is 31.9 Å². The molecular weight excluding hydrogens is 372 g/mol. The molecule has 0 fully saturated rings. The summed E-state index contributed by atoms with van der Waals surface area (Å²) in [5.74, 6) is 2.55. The Bertz CT molecular complexity index is 928. The Morgan fingerprint density at radius 3 is 2.27 bits per heavy atom. The summed E-state index contributed by atoms with van der Waals surface area (Å²) in [6, 6.07) is 26.0. The summed E-state index contributed by atoms with van der Waals surface area (Å²) in [5.41, 5.74) is 2.17. The molecular formula is C27H30O3. The molecule has 3 heteroatoms. The predicted molar refractivity (Wildman–Crippen MR) is 123 cm³/mol. The van der Waals surface area contributed by atoms with E-state index in [1.165, 1.54) is 0 Å². The smallest absolute Gasteiger partial charge is 0.127 e. The fourth-order valence-electron chi connectivity index (χ4n) is 2.97. The molecule has 0 heterocycles. The van der Waals surface area contributed by atoms with Crippen LogP contribution in [0, 0.1) is 5.41 Å². The van der Waals surface area contributed by atoms with E-state index >= 15 is 0 Å². The Morgan fingerprint density at radius 2 is 1.53 bits per heavy atom. The van der Waals surface area contributed by atoms with Crippen molar-refractivity contribution in [3.63, 3.8) is 0 Å². The molecule has 3 nitrogen and oxygen atoms in total. The molecule has 0 radical (unpaired) electrons. The lowest BCUT2D eigenvalue weighted by Crippen LogP contribution is -2.16. The third-order valence-electron chi connectivity index (χ3n) is 4.54. The molecule has 0 spiro atoms. The highest BCUT2D eigenvalue weighted by molar-refractivity contribution is 5.51. The maximum atomic E-state index is 6.00. The van der Waals surface area contributed by atoms with E-state index in [9.17, 15) is 0 Å². The molecule has 0 bridgehead atoms. The van der Waals surface area contributed by atoms with Gasteiger partial charge in [0.15, 0.2) is 0 Å². The van der Waals surface area contributed by atoms with Crippen LogP contribution in [0.25, 0.3) is 6.08 Å². The zero-order valence-corrected chi connectivity index (χ0v) is 18.0. The molecule has 0 aliphatic heterocycles. The molecule has 0 saturated carbocycles. The summed E-state index contributed by atoms with van der Waals surface area (Å²) in [4.78, 5) is 0. The minimum atomic E-state index is -0.0727. The normalized spacial score (nSPS) is 11.6. The molecule has 3 aromatic carbocycles. The van der Waals surface area contributed by atoms with Crippen LogP contribution in [-0.4, -0.2) is 13.2 Å². The third-order valence-corrected chi connectivity index (χ3v) is 4.54. The second-order valence-electron chi connectivity index (χ2n) is 7.88. The second kappa shape index (κ2) is 10.7. The predicted octanol–water partition coefficient (Wildman–Crippen LogP) is 7.13. The number of ether oxygens (including phenoxy) is 3. The van der Waals surface area contributed by atoms with Gasteiger partial charge in [-0.05, 0) is 54.4 Å². The van der Waals surface area contributed by atoms with E-state index < -0.39 is 0 Å². The van der Waals surface area contributed by atoms with Gasteiger partial charge in [0.05, 0.1) is 19.8 Å². The Balaban J connectivity index is 1.50. The van der Waals surface area contributed by atoms with Crippen molar-refractivity contribution in [1.82, 2.24) is 0 Å². The summed E-state index contributed by atoms with van der Waals surface area (Å²) in [6.45, 7) is 8.19. The fourth-order valence-corrected chi connectivity index (χ4v) is 2.97. The molecule has 0 aliphatic rings. The highest BCUT2D eigenvalue weighted by Crippen LogP contribution is 2.24. The zero-order chi connectivity index (χ0) is 21.2. The average molecular weight is 403 g/mol. The topological polar surface area (TPSA) is 27.7 Å². The number of para-hydroxylation sites is 1. The highest BCUT2D eigenvalue weighted by Gasteiger charge is 2.14. The van der Waals surface area contributed by atoms with Gasteiger partial charge < -0.3 is 14.2 Å². The highest BCUT2D eigenvalue weighted by atomic mass is 16.5. The minimum absolute atomic E-state index is 0.0727. The van der Waals surface area contributed by atoms with Crippen LogP contribution >= 0.6 is 0 Å². The standard InChI is InChI=1S/C27H30O3/c1-4-29-24-15-13-22(14-16-24)17-18-27(2,3)21-28-20-23-9-8-12-26(19-23)30-25-10-6-5-7-11-25/h5-19H,4,20-21H2,1-3H3. The summed E-state index contributed by atoms with van der Waals surface area (Å²) in [7, 11) is 0. The maximum absolute atomic E-state index is 6.00. The van der Waals surface area contributed by atoms with Gasteiger partial charge in [0.25, 0.3) is 0 Å². The number of hydrogen-bond donors (Lipinski definition) is 0. The maximum Gasteiger partial charge on any atom is 0.127 e. The van der Waals surface area contributed by atoms with E-state index in [1.807, 2.05) is 67.6 Å². The number of benzene rings is 3. The van der Waals surface area contributed by atoms with Crippen LogP contribution in [0.15, 0.2) is 84.9 Å². The van der Waals surface area contributed by atoms with Gasteiger partial charge in [0.2, 0.25) is 0 Å². The van der Waals surface area contributed by atoms with E-state index in [4.69, 9.17) is 14.2 Å². The third kappa shape index (κ3) is 7.09. The number of hydrogen-bond acceptors (Lipinski definition) is 3. The molecule has 0 amide bonds. The Morgan fingerprint density at radius 1 is 0.800 bits per heavy atom. The van der Waals surface area contributed by atoms with Crippen LogP contribution in [0.5, 0.6) is 17.2 Å². The van der Waals surface area contributed by atoms with Gasteiger partial charge in [0, 0.05) is 5.41 Å². The Kier molecular flexibility index (Phi) is 7.69. The van der Waals surface area contributed by atoms with Crippen molar-refractivity contribution in [3.05, 3.63) is 96.1 Å². The minimum Gasteiger partial charge on any atom is -0.494 e. The van der Waals surface area contributed by atoms with E-state index in [-0.39, 0.29) is 5.41 Å².